The number of benzene rings is 1. The smallest absolute Gasteiger partial charge is 0.322 e. The fraction of sp³-hybridized carbons (Fsp3) is 0.385. The molecule has 0 fully saturated rings. The van der Waals surface area contributed by atoms with Crippen LogP contribution in [-0.2, 0) is 14.8 Å². The van der Waals surface area contributed by atoms with Crippen molar-refractivity contribution < 1.29 is 18.3 Å². The van der Waals surface area contributed by atoms with Gasteiger partial charge in [0, 0.05) is 4.47 Å². The number of aliphatic carboxylic acids is 1. The van der Waals surface area contributed by atoms with Crippen LogP contribution in [-0.4, -0.2) is 25.5 Å². The van der Waals surface area contributed by atoms with Crippen LogP contribution in [0.15, 0.2) is 27.6 Å². The molecule has 6 nitrogen and oxygen atoms in total. The number of nitriles is 1. The molecule has 114 valence electrons. The molecule has 0 aliphatic carbocycles. The van der Waals surface area contributed by atoms with E-state index in [1.54, 1.807) is 13.8 Å². The molecule has 8 heteroatoms. The molecule has 0 aromatic heterocycles. The Morgan fingerprint density at radius 3 is 2.57 bits per heavy atom. The van der Waals surface area contributed by atoms with Crippen molar-refractivity contribution in [2.24, 2.45) is 5.92 Å². The van der Waals surface area contributed by atoms with E-state index in [4.69, 9.17) is 10.4 Å². The van der Waals surface area contributed by atoms with Gasteiger partial charge in [0.05, 0.1) is 16.5 Å². The minimum Gasteiger partial charge on any atom is -0.480 e. The van der Waals surface area contributed by atoms with Crippen molar-refractivity contribution >= 4 is 31.9 Å². The Hall–Kier alpha value is -1.43. The number of carbonyl (C=O) groups is 1. The Morgan fingerprint density at radius 2 is 2.10 bits per heavy atom. The molecule has 0 radical (unpaired) electrons. The van der Waals surface area contributed by atoms with E-state index in [2.05, 4.69) is 20.7 Å². The summed E-state index contributed by atoms with van der Waals surface area (Å²) >= 11 is 3.12. The number of carboxylic acid groups (broad SMARTS) is 1. The van der Waals surface area contributed by atoms with Crippen LogP contribution in [0, 0.1) is 17.2 Å². The van der Waals surface area contributed by atoms with Gasteiger partial charge in [0.25, 0.3) is 0 Å². The Morgan fingerprint density at radius 1 is 1.48 bits per heavy atom. The van der Waals surface area contributed by atoms with Crippen LogP contribution in [0.25, 0.3) is 0 Å². The minimum atomic E-state index is -4.03. The number of rotatable bonds is 6. The van der Waals surface area contributed by atoms with E-state index in [9.17, 15) is 13.2 Å². The van der Waals surface area contributed by atoms with Crippen molar-refractivity contribution in [3.63, 3.8) is 0 Å². The number of nitrogens with one attached hydrogen (secondary N) is 1. The summed E-state index contributed by atoms with van der Waals surface area (Å²) in [6.07, 6.45) is 0.515. The number of hydrogen-bond donors (Lipinski definition) is 2. The largest absolute Gasteiger partial charge is 0.480 e. The Balaban J connectivity index is 3.20. The molecule has 21 heavy (non-hydrogen) atoms. The normalized spacial score (nSPS) is 14.2. The predicted octanol–water partition coefficient (Wildman–Crippen LogP) is 2.10. The Labute approximate surface area is 132 Å². The van der Waals surface area contributed by atoms with Crippen molar-refractivity contribution in [1.82, 2.24) is 4.72 Å². The van der Waals surface area contributed by atoms with Gasteiger partial charge in [-0.25, -0.2) is 8.42 Å². The van der Waals surface area contributed by atoms with Gasteiger partial charge in [-0.3, -0.25) is 4.79 Å². The molecule has 0 heterocycles. The van der Waals surface area contributed by atoms with E-state index in [1.165, 1.54) is 18.2 Å². The fourth-order valence-corrected chi connectivity index (χ4v) is 3.68. The summed E-state index contributed by atoms with van der Waals surface area (Å²) in [6, 6.07) is 4.62. The zero-order valence-corrected chi connectivity index (χ0v) is 13.9. The summed E-state index contributed by atoms with van der Waals surface area (Å²) in [5.74, 6) is -1.59. The van der Waals surface area contributed by atoms with Crippen LogP contribution < -0.4 is 4.72 Å². The maximum Gasteiger partial charge on any atom is 0.322 e. The van der Waals surface area contributed by atoms with Crippen molar-refractivity contribution in [2.75, 3.05) is 0 Å². The number of hydrogen-bond acceptors (Lipinski definition) is 4. The Kier molecular flexibility index (Phi) is 5.89. The van der Waals surface area contributed by atoms with Gasteiger partial charge in [-0.15, -0.1) is 0 Å². The summed E-state index contributed by atoms with van der Waals surface area (Å²) in [5, 5.41) is 18.0. The van der Waals surface area contributed by atoms with Crippen molar-refractivity contribution in [3.05, 3.63) is 28.2 Å². The maximum atomic E-state index is 12.3. The van der Waals surface area contributed by atoms with E-state index in [1.807, 2.05) is 6.07 Å². The summed E-state index contributed by atoms with van der Waals surface area (Å²) in [5.41, 5.74) is 0.167. The first kappa shape index (κ1) is 17.6. The average molecular weight is 375 g/mol. The van der Waals surface area contributed by atoms with Crippen molar-refractivity contribution in [2.45, 2.75) is 31.2 Å². The van der Waals surface area contributed by atoms with Crippen LogP contribution >= 0.6 is 15.9 Å². The molecule has 0 bridgehead atoms. The van der Waals surface area contributed by atoms with Crippen molar-refractivity contribution in [3.8, 4) is 6.07 Å². The molecule has 2 N–H and O–H groups in total. The highest BCUT2D eigenvalue weighted by Gasteiger charge is 2.29. The van der Waals surface area contributed by atoms with Gasteiger partial charge < -0.3 is 5.11 Å². The molecule has 0 saturated carbocycles. The third-order valence-corrected chi connectivity index (χ3v) is 4.95. The lowest BCUT2D eigenvalue weighted by molar-refractivity contribution is -0.140. The molecule has 0 aliphatic heterocycles. The van der Waals surface area contributed by atoms with Crippen LogP contribution in [0.2, 0.25) is 0 Å². The van der Waals surface area contributed by atoms with E-state index in [-0.39, 0.29) is 16.4 Å². The molecule has 2 atom stereocenters. The number of halogens is 1. The fourth-order valence-electron chi connectivity index (χ4n) is 1.66. The highest BCUT2D eigenvalue weighted by atomic mass is 79.9. The average Bonchev–Trinajstić information content (AvgIpc) is 2.42. The molecule has 0 spiro atoms. The van der Waals surface area contributed by atoms with Crippen LogP contribution in [0.1, 0.15) is 25.8 Å². The lowest BCUT2D eigenvalue weighted by Crippen LogP contribution is -2.44. The van der Waals surface area contributed by atoms with Crippen LogP contribution in [0.5, 0.6) is 0 Å². The first-order chi connectivity index (χ1) is 9.71. The number of sulfonamides is 1. The maximum absolute atomic E-state index is 12.3. The predicted molar refractivity (Wildman–Crippen MR) is 80.1 cm³/mol. The highest BCUT2D eigenvalue weighted by Crippen LogP contribution is 2.20. The first-order valence-electron chi connectivity index (χ1n) is 6.17. The monoisotopic (exact) mass is 374 g/mol. The van der Waals surface area contributed by atoms with Crippen LogP contribution in [0.4, 0.5) is 0 Å². The topological polar surface area (TPSA) is 107 Å². The molecule has 0 amide bonds. The lowest BCUT2D eigenvalue weighted by Gasteiger charge is -2.20. The highest BCUT2D eigenvalue weighted by molar-refractivity contribution is 9.10. The molecule has 1 rings (SSSR count). The van der Waals surface area contributed by atoms with Gasteiger partial charge in [0.1, 0.15) is 6.04 Å². The molecule has 1 aromatic rings. The van der Waals surface area contributed by atoms with E-state index in [0.717, 1.165) is 0 Å². The molecule has 0 unspecified atom stereocenters. The van der Waals surface area contributed by atoms with E-state index in [0.29, 0.717) is 10.9 Å². The Bertz CT molecular complexity index is 682. The van der Waals surface area contributed by atoms with Gasteiger partial charge in [0.15, 0.2) is 0 Å². The third-order valence-electron chi connectivity index (χ3n) is 3.07. The van der Waals surface area contributed by atoms with Crippen molar-refractivity contribution in [1.29, 1.82) is 5.26 Å². The minimum absolute atomic E-state index is 0.150. The summed E-state index contributed by atoms with van der Waals surface area (Å²) < 4.78 is 27.2. The molecule has 0 saturated heterocycles. The first-order valence-corrected chi connectivity index (χ1v) is 8.44. The summed E-state index contributed by atoms with van der Waals surface area (Å²) in [7, 11) is -4.03. The summed E-state index contributed by atoms with van der Waals surface area (Å²) in [4.78, 5) is 11.1. The second-order valence-electron chi connectivity index (χ2n) is 4.61. The second kappa shape index (κ2) is 7.02. The van der Waals surface area contributed by atoms with Gasteiger partial charge in [-0.1, -0.05) is 36.2 Å². The van der Waals surface area contributed by atoms with Gasteiger partial charge in [-0.2, -0.15) is 9.98 Å². The number of nitrogens with zero attached hydrogens (tertiary/aromatic N) is 1. The number of carboxylic acids is 1. The molecule has 0 aliphatic rings. The molecule has 1 aromatic carbocycles. The zero-order valence-electron chi connectivity index (χ0n) is 11.5. The van der Waals surface area contributed by atoms with E-state index >= 15 is 0 Å². The third kappa shape index (κ3) is 4.52. The standard InChI is InChI=1S/C13H15BrN2O4S/c1-3-8(2)12(13(17)18)16-21(19,20)11-5-9(7-15)4-10(14)6-11/h4-6,8,12,16H,3H2,1-2H3,(H,17,18)/t8-,12-/m0/s1. The molecular formula is C13H15BrN2O4S. The van der Waals surface area contributed by atoms with Gasteiger partial charge >= 0.3 is 5.97 Å². The van der Waals surface area contributed by atoms with Crippen LogP contribution in [0.3, 0.4) is 0 Å². The zero-order chi connectivity index (χ0) is 16.2. The quantitative estimate of drug-likeness (QED) is 0.792. The summed E-state index contributed by atoms with van der Waals surface area (Å²) in [6.45, 7) is 3.44. The SMILES string of the molecule is CC[C@H](C)[C@H](NS(=O)(=O)c1cc(Br)cc(C#N)c1)C(=O)O. The van der Waals surface area contributed by atoms with E-state index < -0.39 is 22.0 Å². The lowest BCUT2D eigenvalue weighted by atomic mass is 10.0. The molecular weight excluding hydrogens is 360 g/mol. The van der Waals surface area contributed by atoms with Gasteiger partial charge in [0.2, 0.25) is 10.0 Å². The van der Waals surface area contributed by atoms with Gasteiger partial charge in [-0.05, 0) is 24.1 Å². The second-order valence-corrected chi connectivity index (χ2v) is 7.24.